The standard InChI is InChI=1S/C26H38N4O2/c1-21(2)25(30-12-14-31-15-13-30)18-29-26(27-3)28-17-23-10-7-11-24(16-23)20-32-19-22-8-5-4-6-9-22/h4-11,16,21,25H,12-15,17-20H2,1-3H3,(H2,27,28,29). The van der Waals surface area contributed by atoms with E-state index < -0.39 is 0 Å². The minimum absolute atomic E-state index is 0.461. The van der Waals surface area contributed by atoms with Crippen LogP contribution in [0.2, 0.25) is 0 Å². The average molecular weight is 439 g/mol. The zero-order valence-electron chi connectivity index (χ0n) is 19.7. The first-order chi connectivity index (χ1) is 15.7. The molecule has 3 rings (SSSR count). The van der Waals surface area contributed by atoms with Crippen molar-refractivity contribution in [1.29, 1.82) is 0 Å². The number of aliphatic imine (C=N–C) groups is 1. The average Bonchev–Trinajstić information content (AvgIpc) is 2.82. The van der Waals surface area contributed by atoms with Crippen molar-refractivity contribution in [1.82, 2.24) is 15.5 Å². The van der Waals surface area contributed by atoms with Crippen LogP contribution in [0.3, 0.4) is 0 Å². The molecular formula is C26H38N4O2. The molecule has 174 valence electrons. The molecule has 1 unspecified atom stereocenters. The highest BCUT2D eigenvalue weighted by Gasteiger charge is 2.23. The van der Waals surface area contributed by atoms with E-state index in [9.17, 15) is 0 Å². The predicted octanol–water partition coefficient (Wildman–Crippen LogP) is 3.43. The molecule has 6 heteroatoms. The highest BCUT2D eigenvalue weighted by molar-refractivity contribution is 5.79. The van der Waals surface area contributed by atoms with E-state index in [-0.39, 0.29) is 0 Å². The Labute approximate surface area is 193 Å². The number of nitrogens with one attached hydrogen (secondary N) is 2. The van der Waals surface area contributed by atoms with Crippen LogP contribution in [0.15, 0.2) is 59.6 Å². The molecule has 6 nitrogen and oxygen atoms in total. The number of morpholine rings is 1. The van der Waals surface area contributed by atoms with Crippen LogP contribution < -0.4 is 10.6 Å². The monoisotopic (exact) mass is 438 g/mol. The third-order valence-electron chi connectivity index (χ3n) is 5.82. The van der Waals surface area contributed by atoms with Gasteiger partial charge in [-0.3, -0.25) is 9.89 Å². The number of nitrogens with zero attached hydrogens (tertiary/aromatic N) is 2. The van der Waals surface area contributed by atoms with Crippen molar-refractivity contribution >= 4 is 5.96 Å². The Balaban J connectivity index is 1.45. The topological polar surface area (TPSA) is 58.1 Å². The summed E-state index contributed by atoms with van der Waals surface area (Å²) in [6, 6.07) is 19.2. The lowest BCUT2D eigenvalue weighted by molar-refractivity contribution is 0.00752. The van der Waals surface area contributed by atoms with Crippen molar-refractivity contribution in [3.63, 3.8) is 0 Å². The van der Waals surface area contributed by atoms with Gasteiger partial charge >= 0.3 is 0 Å². The Morgan fingerprint density at radius 3 is 2.38 bits per heavy atom. The summed E-state index contributed by atoms with van der Waals surface area (Å²) in [5.74, 6) is 1.39. The van der Waals surface area contributed by atoms with Crippen molar-refractivity contribution in [2.75, 3.05) is 39.9 Å². The van der Waals surface area contributed by atoms with Gasteiger partial charge in [-0.1, -0.05) is 68.4 Å². The van der Waals surface area contributed by atoms with Crippen LogP contribution in [0.1, 0.15) is 30.5 Å². The molecule has 0 aliphatic carbocycles. The number of benzene rings is 2. The summed E-state index contributed by atoms with van der Waals surface area (Å²) < 4.78 is 11.4. The van der Waals surface area contributed by atoms with E-state index in [2.05, 4.69) is 70.8 Å². The van der Waals surface area contributed by atoms with Gasteiger partial charge in [0.2, 0.25) is 0 Å². The summed E-state index contributed by atoms with van der Waals surface area (Å²) in [5.41, 5.74) is 3.58. The van der Waals surface area contributed by atoms with Crippen LogP contribution >= 0.6 is 0 Å². The lowest BCUT2D eigenvalue weighted by Crippen LogP contribution is -2.52. The second kappa shape index (κ2) is 13.2. The highest BCUT2D eigenvalue weighted by Crippen LogP contribution is 2.12. The molecule has 0 bridgehead atoms. The highest BCUT2D eigenvalue weighted by atomic mass is 16.5. The molecule has 0 spiro atoms. The molecule has 1 fully saturated rings. The summed E-state index contributed by atoms with van der Waals surface area (Å²) in [4.78, 5) is 6.93. The van der Waals surface area contributed by atoms with Crippen LogP contribution in [-0.2, 0) is 29.2 Å². The van der Waals surface area contributed by atoms with Gasteiger partial charge < -0.3 is 20.1 Å². The van der Waals surface area contributed by atoms with E-state index in [4.69, 9.17) is 9.47 Å². The lowest BCUT2D eigenvalue weighted by atomic mass is 10.0. The maximum Gasteiger partial charge on any atom is 0.191 e. The van der Waals surface area contributed by atoms with E-state index in [1.165, 1.54) is 16.7 Å². The number of rotatable bonds is 10. The van der Waals surface area contributed by atoms with Gasteiger partial charge in [-0.2, -0.15) is 0 Å². The molecule has 1 atom stereocenters. The molecule has 1 aliphatic heterocycles. The smallest absolute Gasteiger partial charge is 0.191 e. The lowest BCUT2D eigenvalue weighted by Gasteiger charge is -2.37. The predicted molar refractivity (Wildman–Crippen MR) is 131 cm³/mol. The molecular weight excluding hydrogens is 400 g/mol. The van der Waals surface area contributed by atoms with Gasteiger partial charge in [0.25, 0.3) is 0 Å². The van der Waals surface area contributed by atoms with E-state index in [1.807, 2.05) is 25.2 Å². The van der Waals surface area contributed by atoms with Gasteiger partial charge in [-0.25, -0.2) is 0 Å². The Morgan fingerprint density at radius 1 is 0.969 bits per heavy atom. The van der Waals surface area contributed by atoms with Crippen molar-refractivity contribution in [2.24, 2.45) is 10.9 Å². The van der Waals surface area contributed by atoms with Crippen LogP contribution in [0.4, 0.5) is 0 Å². The largest absolute Gasteiger partial charge is 0.379 e. The summed E-state index contributed by atoms with van der Waals surface area (Å²) in [6.07, 6.45) is 0. The Morgan fingerprint density at radius 2 is 1.66 bits per heavy atom. The van der Waals surface area contributed by atoms with Gasteiger partial charge in [0.15, 0.2) is 5.96 Å². The van der Waals surface area contributed by atoms with E-state index in [0.29, 0.717) is 25.2 Å². The summed E-state index contributed by atoms with van der Waals surface area (Å²) in [6.45, 7) is 11.0. The molecule has 2 aromatic rings. The molecule has 1 aliphatic rings. The van der Waals surface area contributed by atoms with E-state index >= 15 is 0 Å². The van der Waals surface area contributed by atoms with E-state index in [0.717, 1.165) is 45.4 Å². The minimum Gasteiger partial charge on any atom is -0.379 e. The number of hydrogen-bond acceptors (Lipinski definition) is 4. The first-order valence-corrected chi connectivity index (χ1v) is 11.6. The third-order valence-corrected chi connectivity index (χ3v) is 5.82. The molecule has 2 N–H and O–H groups in total. The van der Waals surface area contributed by atoms with Gasteiger partial charge in [0.05, 0.1) is 26.4 Å². The zero-order chi connectivity index (χ0) is 22.6. The van der Waals surface area contributed by atoms with Crippen molar-refractivity contribution < 1.29 is 9.47 Å². The van der Waals surface area contributed by atoms with Crippen LogP contribution in [0.25, 0.3) is 0 Å². The molecule has 0 radical (unpaired) electrons. The van der Waals surface area contributed by atoms with Crippen molar-refractivity contribution in [2.45, 2.75) is 39.6 Å². The van der Waals surface area contributed by atoms with Gasteiger partial charge in [0.1, 0.15) is 0 Å². The minimum atomic E-state index is 0.461. The summed E-state index contributed by atoms with van der Waals surface area (Å²) >= 11 is 0. The Bertz CT molecular complexity index is 820. The molecule has 1 saturated heterocycles. The number of guanidine groups is 1. The third kappa shape index (κ3) is 7.93. The fourth-order valence-electron chi connectivity index (χ4n) is 3.99. The first-order valence-electron chi connectivity index (χ1n) is 11.6. The molecule has 32 heavy (non-hydrogen) atoms. The van der Waals surface area contributed by atoms with Crippen LogP contribution in [-0.4, -0.2) is 56.8 Å². The quantitative estimate of drug-likeness (QED) is 0.440. The van der Waals surface area contributed by atoms with Crippen LogP contribution in [0.5, 0.6) is 0 Å². The van der Waals surface area contributed by atoms with E-state index in [1.54, 1.807) is 0 Å². The number of hydrogen-bond donors (Lipinski definition) is 2. The number of ether oxygens (including phenoxy) is 2. The maximum atomic E-state index is 5.88. The van der Waals surface area contributed by atoms with Crippen LogP contribution in [0, 0.1) is 5.92 Å². The Hall–Kier alpha value is -2.41. The first kappa shape index (κ1) is 24.2. The van der Waals surface area contributed by atoms with Gasteiger partial charge in [-0.05, 0) is 22.6 Å². The summed E-state index contributed by atoms with van der Waals surface area (Å²) in [7, 11) is 1.82. The maximum absolute atomic E-state index is 5.88. The molecule has 0 aromatic heterocycles. The SMILES string of the molecule is CN=C(NCc1cccc(COCc2ccccc2)c1)NCC(C(C)C)N1CCOCC1. The normalized spacial score (nSPS) is 16.2. The fraction of sp³-hybridized carbons (Fsp3) is 0.500. The Kier molecular flexibility index (Phi) is 10.0. The fourth-order valence-corrected chi connectivity index (χ4v) is 3.99. The summed E-state index contributed by atoms with van der Waals surface area (Å²) in [5, 5.41) is 6.96. The second-order valence-electron chi connectivity index (χ2n) is 8.56. The molecule has 0 saturated carbocycles. The van der Waals surface area contributed by atoms with Crippen molar-refractivity contribution in [3.05, 3.63) is 71.3 Å². The van der Waals surface area contributed by atoms with Gasteiger partial charge in [0, 0.05) is 39.3 Å². The molecule has 1 heterocycles. The van der Waals surface area contributed by atoms with Gasteiger partial charge in [-0.15, -0.1) is 0 Å². The molecule has 0 amide bonds. The second-order valence-corrected chi connectivity index (χ2v) is 8.56. The zero-order valence-corrected chi connectivity index (χ0v) is 19.7. The van der Waals surface area contributed by atoms with Crippen molar-refractivity contribution in [3.8, 4) is 0 Å². The molecule has 2 aromatic carbocycles.